The number of hydrogen-bond acceptors (Lipinski definition) is 4. The Hall–Kier alpha value is -2.37. The molecule has 2 fully saturated rings. The summed E-state index contributed by atoms with van der Waals surface area (Å²) in [5.74, 6) is -0.681. The summed E-state index contributed by atoms with van der Waals surface area (Å²) in [6, 6.07) is 8.79. The first-order valence-electron chi connectivity index (χ1n) is 9.20. The van der Waals surface area contributed by atoms with Gasteiger partial charge in [0.25, 0.3) is 5.91 Å². The molecular formula is C20H26N2O4. The maximum atomic E-state index is 12.9. The molecule has 0 bridgehead atoms. The maximum absolute atomic E-state index is 12.9. The fourth-order valence-corrected chi connectivity index (χ4v) is 3.78. The monoisotopic (exact) mass is 358 g/mol. The topological polar surface area (TPSA) is 66.9 Å². The van der Waals surface area contributed by atoms with Crippen LogP contribution in [0.2, 0.25) is 0 Å². The lowest BCUT2D eigenvalue weighted by molar-refractivity contribution is -0.178. The lowest BCUT2D eigenvalue weighted by Crippen LogP contribution is -2.75. The van der Waals surface area contributed by atoms with Gasteiger partial charge in [0.1, 0.15) is 18.2 Å². The van der Waals surface area contributed by atoms with Gasteiger partial charge in [-0.2, -0.15) is 0 Å². The number of esters is 1. The molecule has 2 aliphatic rings. The van der Waals surface area contributed by atoms with E-state index in [0.717, 1.165) is 12.0 Å². The van der Waals surface area contributed by atoms with E-state index < -0.39 is 17.6 Å². The summed E-state index contributed by atoms with van der Waals surface area (Å²) < 4.78 is 5.35. The Kier molecular flexibility index (Phi) is 5.03. The average molecular weight is 358 g/mol. The smallest absolute Gasteiger partial charge is 0.328 e. The third kappa shape index (κ3) is 3.08. The minimum absolute atomic E-state index is 0.00908. The Labute approximate surface area is 154 Å². The van der Waals surface area contributed by atoms with Crippen LogP contribution in [0, 0.1) is 5.92 Å². The van der Waals surface area contributed by atoms with Crippen LogP contribution in [0.15, 0.2) is 30.3 Å². The summed E-state index contributed by atoms with van der Waals surface area (Å²) in [6.07, 6.45) is 1.50. The van der Waals surface area contributed by atoms with Crippen molar-refractivity contribution in [2.75, 3.05) is 13.1 Å². The number of rotatable bonds is 5. The summed E-state index contributed by atoms with van der Waals surface area (Å²) in [6.45, 7) is 6.59. The highest BCUT2D eigenvalue weighted by Gasteiger charge is 2.61. The summed E-state index contributed by atoms with van der Waals surface area (Å²) in [4.78, 5) is 40.9. The van der Waals surface area contributed by atoms with E-state index in [0.29, 0.717) is 19.5 Å². The van der Waals surface area contributed by atoms with Crippen LogP contribution in [0.25, 0.3) is 0 Å². The number of β-lactam (4-membered cyclic amide) rings is 1. The molecule has 1 unspecified atom stereocenters. The first-order valence-corrected chi connectivity index (χ1v) is 9.20. The Morgan fingerprint density at radius 2 is 1.88 bits per heavy atom. The van der Waals surface area contributed by atoms with Gasteiger partial charge in [-0.15, -0.1) is 0 Å². The van der Waals surface area contributed by atoms with E-state index >= 15 is 0 Å². The molecule has 1 aromatic rings. The standard InChI is InChI=1S/C20H26N2O4/c1-14(2)17(23)22-11-7-10-20(22)13-21(19(20)25)15(3)18(24)26-12-16-8-5-4-6-9-16/h4-6,8-9,14-15H,7,10-13H2,1-3H3/t15?,20-/m1/s1. The molecule has 3 rings (SSSR count). The van der Waals surface area contributed by atoms with E-state index in [1.807, 2.05) is 44.2 Å². The van der Waals surface area contributed by atoms with Crippen molar-refractivity contribution in [2.45, 2.75) is 51.8 Å². The summed E-state index contributed by atoms with van der Waals surface area (Å²) in [5, 5.41) is 0. The summed E-state index contributed by atoms with van der Waals surface area (Å²) in [7, 11) is 0. The Balaban J connectivity index is 1.60. The van der Waals surface area contributed by atoms with E-state index in [1.54, 1.807) is 11.8 Å². The van der Waals surface area contributed by atoms with Gasteiger partial charge >= 0.3 is 5.97 Å². The quantitative estimate of drug-likeness (QED) is 0.596. The Morgan fingerprint density at radius 1 is 1.19 bits per heavy atom. The highest BCUT2D eigenvalue weighted by atomic mass is 16.5. The maximum Gasteiger partial charge on any atom is 0.328 e. The fraction of sp³-hybridized carbons (Fsp3) is 0.550. The number of hydrogen-bond donors (Lipinski definition) is 0. The van der Waals surface area contributed by atoms with Gasteiger partial charge < -0.3 is 14.5 Å². The van der Waals surface area contributed by atoms with Crippen molar-refractivity contribution in [1.29, 1.82) is 0 Å². The highest BCUT2D eigenvalue weighted by molar-refractivity contribution is 5.99. The van der Waals surface area contributed by atoms with Crippen molar-refractivity contribution in [3.05, 3.63) is 35.9 Å². The highest BCUT2D eigenvalue weighted by Crippen LogP contribution is 2.40. The molecule has 6 nitrogen and oxygen atoms in total. The van der Waals surface area contributed by atoms with Gasteiger partial charge in [0.15, 0.2) is 0 Å². The second-order valence-corrected chi connectivity index (χ2v) is 7.48. The van der Waals surface area contributed by atoms with Crippen LogP contribution in [-0.4, -0.2) is 52.3 Å². The van der Waals surface area contributed by atoms with Gasteiger partial charge in [0.2, 0.25) is 5.91 Å². The second-order valence-electron chi connectivity index (χ2n) is 7.48. The molecule has 2 atom stereocenters. The molecule has 0 radical (unpaired) electrons. The number of ether oxygens (including phenoxy) is 1. The molecule has 26 heavy (non-hydrogen) atoms. The Morgan fingerprint density at radius 3 is 2.50 bits per heavy atom. The van der Waals surface area contributed by atoms with Crippen LogP contribution in [0.4, 0.5) is 0 Å². The zero-order valence-corrected chi connectivity index (χ0v) is 15.6. The van der Waals surface area contributed by atoms with Crippen molar-refractivity contribution in [3.63, 3.8) is 0 Å². The van der Waals surface area contributed by atoms with Crippen LogP contribution < -0.4 is 0 Å². The number of benzene rings is 1. The van der Waals surface area contributed by atoms with Crippen molar-refractivity contribution in [3.8, 4) is 0 Å². The number of likely N-dealkylation sites (tertiary alicyclic amines) is 2. The number of carbonyl (C=O) groups excluding carboxylic acids is 3. The molecule has 2 amide bonds. The third-order valence-electron chi connectivity index (χ3n) is 5.37. The van der Waals surface area contributed by atoms with Crippen molar-refractivity contribution in [1.82, 2.24) is 9.80 Å². The predicted octanol–water partition coefficient (Wildman–Crippen LogP) is 1.98. The van der Waals surface area contributed by atoms with Gasteiger partial charge in [-0.25, -0.2) is 4.79 Å². The molecule has 2 aliphatic heterocycles. The second kappa shape index (κ2) is 7.09. The fourth-order valence-electron chi connectivity index (χ4n) is 3.78. The van der Waals surface area contributed by atoms with Crippen molar-refractivity contribution < 1.29 is 19.1 Å². The van der Waals surface area contributed by atoms with Crippen LogP contribution >= 0.6 is 0 Å². The van der Waals surface area contributed by atoms with Crippen LogP contribution in [0.3, 0.4) is 0 Å². The van der Waals surface area contributed by atoms with Gasteiger partial charge in [-0.3, -0.25) is 9.59 Å². The zero-order valence-electron chi connectivity index (χ0n) is 15.6. The summed E-state index contributed by atoms with van der Waals surface area (Å²) in [5.41, 5.74) is 0.166. The molecule has 2 heterocycles. The van der Waals surface area contributed by atoms with E-state index in [4.69, 9.17) is 4.74 Å². The minimum Gasteiger partial charge on any atom is -0.459 e. The van der Waals surface area contributed by atoms with Gasteiger partial charge in [0.05, 0.1) is 6.54 Å². The molecule has 6 heteroatoms. The Bertz CT molecular complexity index is 703. The molecule has 1 aromatic carbocycles. The predicted molar refractivity (Wildman–Crippen MR) is 95.9 cm³/mol. The van der Waals surface area contributed by atoms with Crippen molar-refractivity contribution >= 4 is 17.8 Å². The number of amides is 2. The molecule has 0 N–H and O–H groups in total. The first-order chi connectivity index (χ1) is 12.4. The van der Waals surface area contributed by atoms with E-state index in [9.17, 15) is 14.4 Å². The third-order valence-corrected chi connectivity index (χ3v) is 5.37. The van der Waals surface area contributed by atoms with E-state index in [1.165, 1.54) is 4.90 Å². The molecule has 0 aliphatic carbocycles. The molecule has 1 spiro atoms. The number of carbonyl (C=O) groups is 3. The minimum atomic E-state index is -0.741. The largest absolute Gasteiger partial charge is 0.459 e. The van der Waals surface area contributed by atoms with Gasteiger partial charge in [-0.05, 0) is 25.3 Å². The SMILES string of the molecule is CC(C)C(=O)N1CCC[C@]12CN(C(C)C(=O)OCc1ccccc1)C2=O. The first kappa shape index (κ1) is 18.4. The van der Waals surface area contributed by atoms with Gasteiger partial charge in [0, 0.05) is 12.5 Å². The van der Waals surface area contributed by atoms with Crippen LogP contribution in [0.5, 0.6) is 0 Å². The molecule has 2 saturated heterocycles. The number of nitrogens with zero attached hydrogens (tertiary/aromatic N) is 2. The van der Waals surface area contributed by atoms with E-state index in [2.05, 4.69) is 0 Å². The molecule has 0 aromatic heterocycles. The molecule has 0 saturated carbocycles. The van der Waals surface area contributed by atoms with E-state index in [-0.39, 0.29) is 24.3 Å². The van der Waals surface area contributed by atoms with Crippen molar-refractivity contribution in [2.24, 2.45) is 5.92 Å². The lowest BCUT2D eigenvalue weighted by atomic mass is 9.83. The van der Waals surface area contributed by atoms with Crippen LogP contribution in [-0.2, 0) is 25.7 Å². The average Bonchev–Trinajstić information content (AvgIpc) is 3.10. The van der Waals surface area contributed by atoms with Gasteiger partial charge in [-0.1, -0.05) is 44.2 Å². The summed E-state index contributed by atoms with van der Waals surface area (Å²) >= 11 is 0. The van der Waals surface area contributed by atoms with Crippen LogP contribution in [0.1, 0.15) is 39.2 Å². The normalized spacial score (nSPS) is 23.3. The zero-order chi connectivity index (χ0) is 18.9. The molecular weight excluding hydrogens is 332 g/mol. The molecule has 140 valence electrons. The lowest BCUT2D eigenvalue weighted by Gasteiger charge is -2.52.